The first-order chi connectivity index (χ1) is 12.2. The van der Waals surface area contributed by atoms with Gasteiger partial charge in [-0.15, -0.1) is 0 Å². The van der Waals surface area contributed by atoms with Crippen LogP contribution in [0.5, 0.6) is 0 Å². The second-order valence-corrected chi connectivity index (χ2v) is 7.32. The Bertz CT molecular complexity index is 675. The van der Waals surface area contributed by atoms with Crippen molar-refractivity contribution in [3.05, 3.63) is 48.5 Å². The number of halogens is 1. The number of amides is 1. The Hall–Kier alpha value is -2.15. The van der Waals surface area contributed by atoms with Crippen molar-refractivity contribution in [3.8, 4) is 0 Å². The van der Waals surface area contributed by atoms with Crippen LogP contribution in [0.2, 0.25) is 0 Å². The number of nitrogens with one attached hydrogen (secondary N) is 2. The van der Waals surface area contributed by atoms with Gasteiger partial charge in [0.2, 0.25) is 5.91 Å². The van der Waals surface area contributed by atoms with Crippen LogP contribution in [-0.4, -0.2) is 33.7 Å². The van der Waals surface area contributed by atoms with E-state index in [0.717, 1.165) is 36.5 Å². The van der Waals surface area contributed by atoms with Gasteiger partial charge >= 0.3 is 0 Å². The van der Waals surface area contributed by atoms with Gasteiger partial charge in [0.1, 0.15) is 5.82 Å². The van der Waals surface area contributed by atoms with Gasteiger partial charge in [0, 0.05) is 29.4 Å². The molecule has 2 N–H and O–H groups in total. The molecular weight excluding hydrogens is 339 g/mol. The molecule has 1 aliphatic rings. The predicted octanol–water partition coefficient (Wildman–Crippen LogP) is 3.25. The summed E-state index contributed by atoms with van der Waals surface area (Å²) in [6, 6.07) is 8.02. The van der Waals surface area contributed by atoms with E-state index in [1.165, 1.54) is 12.1 Å². The molecule has 1 aromatic heterocycles. The maximum Gasteiger partial charge on any atom is 0.239 e. The predicted molar refractivity (Wildman–Crippen MR) is 97.0 cm³/mol. The number of anilines is 1. The minimum absolute atomic E-state index is 0.0354. The fraction of sp³-hybridized carbons (Fsp3) is 0.389. The van der Waals surface area contributed by atoms with E-state index in [9.17, 15) is 9.18 Å². The van der Waals surface area contributed by atoms with Gasteiger partial charge in [0.15, 0.2) is 5.16 Å². The van der Waals surface area contributed by atoms with E-state index in [2.05, 4.69) is 20.6 Å². The van der Waals surface area contributed by atoms with E-state index >= 15 is 0 Å². The molecule has 0 radical (unpaired) electrons. The fourth-order valence-electron chi connectivity index (χ4n) is 2.85. The zero-order chi connectivity index (χ0) is 17.5. The van der Waals surface area contributed by atoms with Crippen LogP contribution in [0.25, 0.3) is 0 Å². The number of carbonyl (C=O) groups is 1. The molecule has 0 unspecified atom stereocenters. The van der Waals surface area contributed by atoms with E-state index in [-0.39, 0.29) is 24.3 Å². The van der Waals surface area contributed by atoms with Crippen LogP contribution in [0.3, 0.4) is 0 Å². The Balaban J connectivity index is 1.36. The monoisotopic (exact) mass is 360 g/mol. The van der Waals surface area contributed by atoms with Gasteiger partial charge in [-0.1, -0.05) is 11.8 Å². The molecule has 0 saturated heterocycles. The van der Waals surface area contributed by atoms with E-state index in [1.54, 1.807) is 36.3 Å². The highest BCUT2D eigenvalue weighted by atomic mass is 32.2. The highest BCUT2D eigenvalue weighted by Gasteiger charge is 2.23. The lowest BCUT2D eigenvalue weighted by Gasteiger charge is -2.28. The van der Waals surface area contributed by atoms with E-state index in [0.29, 0.717) is 5.25 Å². The van der Waals surface area contributed by atoms with Crippen molar-refractivity contribution in [2.75, 3.05) is 11.9 Å². The molecule has 2 aromatic rings. The molecule has 0 bridgehead atoms. The Morgan fingerprint density at radius 3 is 2.48 bits per heavy atom. The van der Waals surface area contributed by atoms with Crippen LogP contribution in [0.15, 0.2) is 47.9 Å². The average molecular weight is 360 g/mol. The van der Waals surface area contributed by atoms with E-state index < -0.39 is 0 Å². The molecule has 1 heterocycles. The molecule has 0 aliphatic heterocycles. The summed E-state index contributed by atoms with van der Waals surface area (Å²) in [7, 11) is 0. The van der Waals surface area contributed by atoms with Crippen LogP contribution < -0.4 is 10.6 Å². The molecule has 1 saturated carbocycles. The molecule has 0 atom stereocenters. The molecule has 5 nitrogen and oxygen atoms in total. The molecule has 25 heavy (non-hydrogen) atoms. The number of hydrogen-bond acceptors (Lipinski definition) is 5. The van der Waals surface area contributed by atoms with Gasteiger partial charge in [-0.3, -0.25) is 4.79 Å². The first-order valence-electron chi connectivity index (χ1n) is 8.41. The zero-order valence-corrected chi connectivity index (χ0v) is 14.6. The number of hydrogen-bond donors (Lipinski definition) is 2. The van der Waals surface area contributed by atoms with Crippen molar-refractivity contribution in [1.82, 2.24) is 15.3 Å². The van der Waals surface area contributed by atoms with Crippen LogP contribution in [0.1, 0.15) is 25.7 Å². The lowest BCUT2D eigenvalue weighted by molar-refractivity contribution is -0.120. The summed E-state index contributed by atoms with van der Waals surface area (Å²) in [6.07, 6.45) is 7.53. The summed E-state index contributed by atoms with van der Waals surface area (Å²) in [4.78, 5) is 20.5. The lowest BCUT2D eigenvalue weighted by Crippen LogP contribution is -2.40. The molecule has 132 valence electrons. The van der Waals surface area contributed by atoms with Gasteiger partial charge in [-0.05, 0) is 56.0 Å². The number of thioether (sulfide) groups is 1. The van der Waals surface area contributed by atoms with Crippen LogP contribution >= 0.6 is 11.8 Å². The quantitative estimate of drug-likeness (QED) is 0.774. The minimum atomic E-state index is -0.287. The third-order valence-electron chi connectivity index (χ3n) is 4.15. The van der Waals surface area contributed by atoms with Crippen molar-refractivity contribution < 1.29 is 9.18 Å². The molecular formula is C18H21FN4OS. The second-order valence-electron chi connectivity index (χ2n) is 6.05. The van der Waals surface area contributed by atoms with Crippen LogP contribution in [-0.2, 0) is 4.79 Å². The largest absolute Gasteiger partial charge is 0.376 e. The molecule has 1 aromatic carbocycles. The Kier molecular flexibility index (Phi) is 6.22. The molecule has 3 rings (SSSR count). The number of aromatic nitrogens is 2. The topological polar surface area (TPSA) is 66.9 Å². The molecule has 1 fully saturated rings. The van der Waals surface area contributed by atoms with Crippen molar-refractivity contribution in [2.24, 2.45) is 0 Å². The van der Waals surface area contributed by atoms with Crippen molar-refractivity contribution in [1.29, 1.82) is 0 Å². The summed E-state index contributed by atoms with van der Waals surface area (Å²) >= 11 is 1.72. The molecule has 7 heteroatoms. The lowest BCUT2D eigenvalue weighted by atomic mass is 9.95. The number of carbonyl (C=O) groups excluding carboxylic acids is 1. The van der Waals surface area contributed by atoms with Gasteiger partial charge in [-0.2, -0.15) is 0 Å². The van der Waals surface area contributed by atoms with Crippen LogP contribution in [0.4, 0.5) is 10.1 Å². The van der Waals surface area contributed by atoms with Gasteiger partial charge in [-0.25, -0.2) is 14.4 Å². The van der Waals surface area contributed by atoms with Gasteiger partial charge in [0.25, 0.3) is 0 Å². The highest BCUT2D eigenvalue weighted by molar-refractivity contribution is 7.99. The molecule has 1 amide bonds. The SMILES string of the molecule is O=C(CNc1ccc(F)cc1)NC1CCC(Sc2ncccn2)CC1. The van der Waals surface area contributed by atoms with Crippen molar-refractivity contribution in [3.63, 3.8) is 0 Å². The number of nitrogens with zero attached hydrogens (tertiary/aromatic N) is 2. The third kappa shape index (κ3) is 5.70. The number of benzene rings is 1. The third-order valence-corrected chi connectivity index (χ3v) is 5.38. The van der Waals surface area contributed by atoms with E-state index in [1.807, 2.05) is 6.07 Å². The van der Waals surface area contributed by atoms with Gasteiger partial charge in [0.05, 0.1) is 6.54 Å². The summed E-state index contributed by atoms with van der Waals surface area (Å²) < 4.78 is 12.8. The maximum absolute atomic E-state index is 12.8. The Morgan fingerprint density at radius 1 is 1.12 bits per heavy atom. The highest BCUT2D eigenvalue weighted by Crippen LogP contribution is 2.31. The van der Waals surface area contributed by atoms with Crippen molar-refractivity contribution >= 4 is 23.4 Å². The first kappa shape index (κ1) is 17.7. The number of rotatable bonds is 6. The Morgan fingerprint density at radius 2 is 1.80 bits per heavy atom. The summed E-state index contributed by atoms with van der Waals surface area (Å²) in [5, 5.41) is 7.40. The normalized spacial score (nSPS) is 20.0. The summed E-state index contributed by atoms with van der Waals surface area (Å²) in [5.74, 6) is -0.322. The summed E-state index contributed by atoms with van der Waals surface area (Å²) in [5.41, 5.74) is 0.736. The van der Waals surface area contributed by atoms with Crippen LogP contribution in [0, 0.1) is 5.82 Å². The minimum Gasteiger partial charge on any atom is -0.376 e. The molecule has 0 spiro atoms. The van der Waals surface area contributed by atoms with Gasteiger partial charge < -0.3 is 10.6 Å². The fourth-order valence-corrected chi connectivity index (χ4v) is 3.90. The standard InChI is InChI=1S/C18H21FN4OS/c19-13-2-4-14(5-3-13)22-12-17(24)23-15-6-8-16(9-7-15)25-18-20-10-1-11-21-18/h1-5,10-11,15-16,22H,6-9,12H2,(H,23,24). The zero-order valence-electron chi connectivity index (χ0n) is 13.8. The first-order valence-corrected chi connectivity index (χ1v) is 9.29. The second kappa shape index (κ2) is 8.80. The molecule has 1 aliphatic carbocycles. The van der Waals surface area contributed by atoms with E-state index in [4.69, 9.17) is 0 Å². The summed E-state index contributed by atoms with van der Waals surface area (Å²) in [6.45, 7) is 0.193. The maximum atomic E-state index is 12.8. The average Bonchev–Trinajstić information content (AvgIpc) is 2.64. The van der Waals surface area contributed by atoms with Crippen molar-refractivity contribution in [2.45, 2.75) is 42.1 Å². The Labute approximate surface area is 150 Å². The smallest absolute Gasteiger partial charge is 0.239 e.